The van der Waals surface area contributed by atoms with Gasteiger partial charge in [0.1, 0.15) is 10.8 Å². The lowest BCUT2D eigenvalue weighted by atomic mass is 9.39. The van der Waals surface area contributed by atoms with Crippen molar-refractivity contribution in [3.05, 3.63) is 95.5 Å². The van der Waals surface area contributed by atoms with E-state index >= 15 is 0 Å². The monoisotopic (exact) mass is 974 g/mol. The lowest BCUT2D eigenvalue weighted by molar-refractivity contribution is -0.347. The van der Waals surface area contributed by atoms with E-state index in [1.807, 2.05) is 45.2 Å². The van der Waals surface area contributed by atoms with Crippen LogP contribution in [0.3, 0.4) is 0 Å². The molecular formula is C53H75ClN4O7SSi. The maximum atomic E-state index is 13.3. The minimum Gasteiger partial charge on any atom is -0.455 e. The van der Waals surface area contributed by atoms with E-state index in [-0.39, 0.29) is 45.7 Å². The highest BCUT2D eigenvalue weighted by atomic mass is 35.5. The molecule has 2 heterocycles. The summed E-state index contributed by atoms with van der Waals surface area (Å²) in [5.41, 5.74) is 1.59. The molecule has 2 unspecified atom stereocenters. The Morgan fingerprint density at radius 2 is 1.43 bits per heavy atom. The topological polar surface area (TPSA) is 137 Å². The van der Waals surface area contributed by atoms with Gasteiger partial charge in [-0.3, -0.25) is 4.68 Å². The molecule has 0 amide bonds. The molecule has 4 aliphatic rings. The van der Waals surface area contributed by atoms with E-state index in [1.165, 1.54) is 6.42 Å². The molecule has 0 saturated heterocycles. The first kappa shape index (κ1) is 51.7. The highest BCUT2D eigenvalue weighted by molar-refractivity contribution is 7.84. The van der Waals surface area contributed by atoms with Crippen molar-refractivity contribution < 1.29 is 33.6 Å². The molecule has 14 heteroatoms. The number of rotatable bonds is 21. The maximum absolute atomic E-state index is 13.3. The van der Waals surface area contributed by atoms with Crippen LogP contribution in [0.4, 0.5) is 0 Å². The quantitative estimate of drug-likeness (QED) is 0.0160. The number of ether oxygens (including phenoxy) is 3. The Kier molecular flexibility index (Phi) is 14.9. The van der Waals surface area contributed by atoms with Crippen LogP contribution in [0.2, 0.25) is 5.15 Å². The van der Waals surface area contributed by atoms with Gasteiger partial charge >= 0.3 is 5.97 Å². The number of hydrogen-bond donors (Lipinski definition) is 4. The molecule has 2 aromatic carbocycles. The number of esters is 1. The Morgan fingerprint density at radius 3 is 2.01 bits per heavy atom. The summed E-state index contributed by atoms with van der Waals surface area (Å²) in [6.07, 6.45) is 8.88. The molecule has 366 valence electrons. The van der Waals surface area contributed by atoms with Crippen molar-refractivity contribution >= 4 is 48.9 Å². The third-order valence-electron chi connectivity index (χ3n) is 14.3. The zero-order chi connectivity index (χ0) is 48.7. The molecule has 0 aliphatic heterocycles. The van der Waals surface area contributed by atoms with Crippen molar-refractivity contribution in [1.82, 2.24) is 20.1 Å². The number of pyridine rings is 1. The van der Waals surface area contributed by atoms with E-state index in [4.69, 9.17) is 48.0 Å². The van der Waals surface area contributed by atoms with Crippen LogP contribution in [0.1, 0.15) is 130 Å². The SMILES string of the molecule is Cc1c(-c2ccc(Cl)nc2C(=O)OC(C)(C)C)cnn1CC12CC3(C)CC(C)(C1)CC(OCCNCCC(O)(O)OCC(C)(C)CCO[Si](c1ccccc1)(c1ccccc1)C(C)(C)S)(C3)C2. The van der Waals surface area contributed by atoms with Crippen LogP contribution < -0.4 is 15.7 Å². The minimum absolute atomic E-state index is 0.00534. The van der Waals surface area contributed by atoms with E-state index in [1.54, 1.807) is 6.07 Å². The van der Waals surface area contributed by atoms with Gasteiger partial charge in [0.2, 0.25) is 0 Å². The van der Waals surface area contributed by atoms with Crippen molar-refractivity contribution in [2.24, 2.45) is 21.7 Å². The van der Waals surface area contributed by atoms with Crippen LogP contribution >= 0.6 is 24.2 Å². The molecule has 4 aliphatic carbocycles. The number of aliphatic hydroxyl groups is 2. The molecule has 4 bridgehead atoms. The normalized spacial score (nSPS) is 24.3. The van der Waals surface area contributed by atoms with Crippen LogP contribution in [0.5, 0.6) is 0 Å². The van der Waals surface area contributed by atoms with Gasteiger partial charge in [-0.25, -0.2) is 9.78 Å². The van der Waals surface area contributed by atoms with Crippen molar-refractivity contribution in [2.45, 2.75) is 149 Å². The highest BCUT2D eigenvalue weighted by Gasteiger charge is 2.66. The summed E-state index contributed by atoms with van der Waals surface area (Å²) in [7, 11) is -2.82. The van der Waals surface area contributed by atoms with E-state index in [9.17, 15) is 15.0 Å². The second-order valence-corrected chi connectivity index (χ2v) is 29.3. The lowest BCUT2D eigenvalue weighted by Crippen LogP contribution is -2.71. The molecule has 4 fully saturated rings. The fourth-order valence-electron chi connectivity index (χ4n) is 12.7. The number of nitrogens with zero attached hydrogens (tertiary/aromatic N) is 3. The molecule has 4 saturated carbocycles. The molecule has 0 radical (unpaired) electrons. The Morgan fingerprint density at radius 1 is 0.821 bits per heavy atom. The molecule has 0 spiro atoms. The maximum Gasteiger partial charge on any atom is 0.358 e. The number of aromatic nitrogens is 3. The molecule has 4 aromatic rings. The standard InChI is InChI=1S/C53H75ClN4O7SSi/c1-38-42(41-21-22-43(54)57-44(41)45(59)65-46(2,3)4)29-56-58(38)36-51-31-49(9)30-50(10,32-51)34-52(33-49,35-51)62-28-26-55-25-23-53(60,61)63-37-47(5,6)24-27-64-67(48(7,8)66,39-17-13-11-14-18-39)40-19-15-12-16-20-40/h11-22,29,55,60-61,66H,23-28,30-37H2,1-10H3. The Bertz CT molecular complexity index is 2290. The Balaban J connectivity index is 0.916. The van der Waals surface area contributed by atoms with Gasteiger partial charge in [0.15, 0.2) is 5.69 Å². The largest absolute Gasteiger partial charge is 0.455 e. The molecular weight excluding hydrogens is 900 g/mol. The van der Waals surface area contributed by atoms with Crippen molar-refractivity contribution in [3.8, 4) is 11.1 Å². The van der Waals surface area contributed by atoms with E-state index < -0.39 is 35.6 Å². The average molecular weight is 976 g/mol. The third-order valence-corrected chi connectivity index (χ3v) is 20.1. The number of benzene rings is 2. The molecule has 2 aromatic heterocycles. The van der Waals surface area contributed by atoms with Crippen LogP contribution in [0, 0.1) is 28.6 Å². The van der Waals surface area contributed by atoms with Crippen molar-refractivity contribution in [2.75, 3.05) is 32.9 Å². The second-order valence-electron chi connectivity index (χ2n) is 23.3. The van der Waals surface area contributed by atoms with Gasteiger partial charge in [0, 0.05) is 53.9 Å². The average Bonchev–Trinajstić information content (AvgIpc) is 3.56. The predicted molar refractivity (Wildman–Crippen MR) is 271 cm³/mol. The lowest BCUT2D eigenvalue weighted by Gasteiger charge is -2.69. The van der Waals surface area contributed by atoms with Crippen LogP contribution in [-0.2, 0) is 25.2 Å². The summed E-state index contributed by atoms with van der Waals surface area (Å²) in [5.74, 6) is -2.80. The van der Waals surface area contributed by atoms with Gasteiger partial charge in [-0.1, -0.05) is 114 Å². The third kappa shape index (κ3) is 11.9. The van der Waals surface area contributed by atoms with Gasteiger partial charge in [-0.2, -0.15) is 17.7 Å². The van der Waals surface area contributed by atoms with E-state index in [0.717, 1.165) is 60.3 Å². The van der Waals surface area contributed by atoms with Gasteiger partial charge in [-0.05, 0) is 117 Å². The minimum atomic E-state index is -2.82. The number of nitrogens with one attached hydrogen (secondary N) is 1. The molecule has 11 nitrogen and oxygen atoms in total. The number of thiol groups is 1. The summed E-state index contributed by atoms with van der Waals surface area (Å²) < 4.78 is 27.2. The van der Waals surface area contributed by atoms with Crippen molar-refractivity contribution in [3.63, 3.8) is 0 Å². The van der Waals surface area contributed by atoms with Gasteiger partial charge in [0.05, 0.1) is 25.0 Å². The summed E-state index contributed by atoms with van der Waals surface area (Å²) in [4.78, 5) is 17.7. The number of hydrogen-bond acceptors (Lipinski definition) is 11. The number of halogens is 1. The summed E-state index contributed by atoms with van der Waals surface area (Å²) >= 11 is 11.4. The van der Waals surface area contributed by atoms with Gasteiger partial charge < -0.3 is 34.2 Å². The molecule has 3 N–H and O–H groups in total. The summed E-state index contributed by atoms with van der Waals surface area (Å²) in [6.45, 7) is 23.6. The number of carbonyl (C=O) groups is 1. The fourth-order valence-corrected chi connectivity index (χ4v) is 18.0. The van der Waals surface area contributed by atoms with Crippen molar-refractivity contribution in [1.29, 1.82) is 0 Å². The first-order valence-corrected chi connectivity index (χ1v) is 26.8. The second kappa shape index (κ2) is 19.2. The number of carbonyl (C=O) groups excluding carboxylic acids is 1. The van der Waals surface area contributed by atoms with Gasteiger partial charge in [0.25, 0.3) is 14.3 Å². The Labute approximate surface area is 410 Å². The molecule has 67 heavy (non-hydrogen) atoms. The van der Waals surface area contributed by atoms with Crippen LogP contribution in [-0.4, -0.2) is 93.7 Å². The first-order chi connectivity index (χ1) is 31.2. The van der Waals surface area contributed by atoms with E-state index in [0.29, 0.717) is 38.3 Å². The van der Waals surface area contributed by atoms with Gasteiger partial charge in [-0.15, -0.1) is 0 Å². The fraction of sp³-hybridized carbons (Fsp3) is 0.604. The Hall–Kier alpha value is -3.11. The van der Waals surface area contributed by atoms with Crippen LogP contribution in [0.25, 0.3) is 11.1 Å². The molecule has 8 rings (SSSR count). The first-order valence-electron chi connectivity index (χ1n) is 24.0. The predicted octanol–water partition coefficient (Wildman–Crippen LogP) is 9.07. The zero-order valence-corrected chi connectivity index (χ0v) is 44.2. The summed E-state index contributed by atoms with van der Waals surface area (Å²) in [5, 5.41) is 32.7. The highest BCUT2D eigenvalue weighted by Crippen LogP contribution is 2.72. The summed E-state index contributed by atoms with van der Waals surface area (Å²) in [6, 6.07) is 24.4. The van der Waals surface area contributed by atoms with E-state index in [2.05, 4.69) is 112 Å². The zero-order valence-electron chi connectivity index (χ0n) is 41.5. The smallest absolute Gasteiger partial charge is 0.358 e. The molecule has 2 atom stereocenters. The van der Waals surface area contributed by atoms with Crippen LogP contribution in [0.15, 0.2) is 79.0 Å².